The Labute approximate surface area is 139 Å². The van der Waals surface area contributed by atoms with Crippen LogP contribution in [0.15, 0.2) is 30.3 Å². The molecule has 5 heteroatoms. The summed E-state index contributed by atoms with van der Waals surface area (Å²) in [5.41, 5.74) is 2.66. The first-order chi connectivity index (χ1) is 11.2. The fourth-order valence-corrected chi connectivity index (χ4v) is 3.89. The van der Waals surface area contributed by atoms with Crippen LogP contribution in [0, 0.1) is 11.3 Å². The summed E-state index contributed by atoms with van der Waals surface area (Å²) in [6.07, 6.45) is 6.26. The SMILES string of the molecule is COc1ccc(C=CC(=O)Nc2sc3c(c2C#N)CCC3)cc1. The molecule has 0 radical (unpaired) electrons. The zero-order valence-corrected chi connectivity index (χ0v) is 13.6. The zero-order valence-electron chi connectivity index (χ0n) is 12.8. The maximum Gasteiger partial charge on any atom is 0.249 e. The summed E-state index contributed by atoms with van der Waals surface area (Å²) in [5.74, 6) is 0.551. The largest absolute Gasteiger partial charge is 0.497 e. The van der Waals surface area contributed by atoms with E-state index in [2.05, 4.69) is 11.4 Å². The summed E-state index contributed by atoms with van der Waals surface area (Å²) in [5, 5.41) is 12.8. The lowest BCUT2D eigenvalue weighted by molar-refractivity contribution is -0.111. The Kier molecular flexibility index (Phi) is 4.45. The Morgan fingerprint density at radius 2 is 2.13 bits per heavy atom. The summed E-state index contributed by atoms with van der Waals surface area (Å²) >= 11 is 1.52. The predicted molar refractivity (Wildman–Crippen MR) is 91.7 cm³/mol. The first-order valence-electron chi connectivity index (χ1n) is 7.39. The van der Waals surface area contributed by atoms with Crippen molar-refractivity contribution >= 4 is 28.3 Å². The Bertz CT molecular complexity index is 798. The molecule has 0 bridgehead atoms. The molecule has 0 fully saturated rings. The minimum absolute atomic E-state index is 0.225. The van der Waals surface area contributed by atoms with E-state index >= 15 is 0 Å². The van der Waals surface area contributed by atoms with E-state index in [1.807, 2.05) is 24.3 Å². The summed E-state index contributed by atoms with van der Waals surface area (Å²) in [4.78, 5) is 13.3. The Hall–Kier alpha value is -2.58. The second-order valence-electron chi connectivity index (χ2n) is 5.27. The van der Waals surface area contributed by atoms with Crippen LogP contribution in [0.25, 0.3) is 6.08 Å². The third-order valence-electron chi connectivity index (χ3n) is 3.81. The van der Waals surface area contributed by atoms with E-state index in [1.165, 1.54) is 22.3 Å². The van der Waals surface area contributed by atoms with Crippen molar-refractivity contribution in [1.29, 1.82) is 5.26 Å². The van der Waals surface area contributed by atoms with E-state index in [-0.39, 0.29) is 5.91 Å². The molecule has 1 N–H and O–H groups in total. The number of anilines is 1. The van der Waals surface area contributed by atoms with E-state index in [1.54, 1.807) is 13.2 Å². The number of hydrogen-bond acceptors (Lipinski definition) is 4. The summed E-state index contributed by atoms with van der Waals surface area (Å²) in [6.45, 7) is 0. The van der Waals surface area contributed by atoms with E-state index in [0.29, 0.717) is 10.6 Å². The first-order valence-corrected chi connectivity index (χ1v) is 8.20. The number of nitriles is 1. The second kappa shape index (κ2) is 6.67. The van der Waals surface area contributed by atoms with Gasteiger partial charge in [0.2, 0.25) is 5.91 Å². The third kappa shape index (κ3) is 3.27. The third-order valence-corrected chi connectivity index (χ3v) is 5.02. The lowest BCUT2D eigenvalue weighted by Gasteiger charge is -2.01. The topological polar surface area (TPSA) is 62.1 Å². The van der Waals surface area contributed by atoms with Gasteiger partial charge in [-0.3, -0.25) is 4.79 Å². The zero-order chi connectivity index (χ0) is 16.2. The molecule has 1 aliphatic carbocycles. The van der Waals surface area contributed by atoms with Crippen LogP contribution in [0.1, 0.15) is 28.0 Å². The normalized spacial score (nSPS) is 12.9. The lowest BCUT2D eigenvalue weighted by Crippen LogP contribution is -2.07. The highest BCUT2D eigenvalue weighted by atomic mass is 32.1. The van der Waals surface area contributed by atoms with Gasteiger partial charge in [0.15, 0.2) is 0 Å². The van der Waals surface area contributed by atoms with Gasteiger partial charge in [0, 0.05) is 11.0 Å². The van der Waals surface area contributed by atoms with Gasteiger partial charge >= 0.3 is 0 Å². The number of ether oxygens (including phenoxy) is 1. The van der Waals surface area contributed by atoms with Crippen molar-refractivity contribution in [3.63, 3.8) is 0 Å². The molecule has 0 aliphatic heterocycles. The standard InChI is InChI=1S/C18H16N2O2S/c1-22-13-8-5-12(6-9-13)7-10-17(21)20-18-15(11-19)14-3-2-4-16(14)23-18/h5-10H,2-4H2,1H3,(H,20,21). The van der Waals surface area contributed by atoms with Crippen molar-refractivity contribution in [2.45, 2.75) is 19.3 Å². The molecule has 1 aromatic heterocycles. The summed E-state index contributed by atoms with van der Waals surface area (Å²) in [6, 6.07) is 9.67. The molecule has 0 unspecified atom stereocenters. The van der Waals surface area contributed by atoms with E-state index in [4.69, 9.17) is 4.74 Å². The van der Waals surface area contributed by atoms with Crippen LogP contribution in [0.4, 0.5) is 5.00 Å². The highest BCUT2D eigenvalue weighted by Crippen LogP contribution is 2.38. The molecule has 4 nitrogen and oxygen atoms in total. The predicted octanol–water partition coefficient (Wildman–Crippen LogP) is 3.77. The van der Waals surface area contributed by atoms with Crippen LogP contribution >= 0.6 is 11.3 Å². The van der Waals surface area contributed by atoms with E-state index in [0.717, 1.165) is 36.1 Å². The number of carbonyl (C=O) groups excluding carboxylic acids is 1. The number of hydrogen-bond donors (Lipinski definition) is 1. The number of fused-ring (bicyclic) bond motifs is 1. The van der Waals surface area contributed by atoms with Gasteiger partial charge in [0.1, 0.15) is 16.8 Å². The number of amides is 1. The number of benzene rings is 1. The Morgan fingerprint density at radius 3 is 2.83 bits per heavy atom. The average molecular weight is 324 g/mol. The maximum absolute atomic E-state index is 12.1. The molecule has 0 spiro atoms. The summed E-state index contributed by atoms with van der Waals surface area (Å²) in [7, 11) is 1.61. The molecule has 0 saturated carbocycles. The van der Waals surface area contributed by atoms with Crippen LogP contribution in [0.3, 0.4) is 0 Å². The minimum Gasteiger partial charge on any atom is -0.497 e. The number of rotatable bonds is 4. The number of thiophene rings is 1. The van der Waals surface area contributed by atoms with Crippen molar-refractivity contribution in [1.82, 2.24) is 0 Å². The van der Waals surface area contributed by atoms with Gasteiger partial charge in [-0.25, -0.2) is 0 Å². The molecule has 2 aromatic rings. The van der Waals surface area contributed by atoms with Crippen molar-refractivity contribution < 1.29 is 9.53 Å². The molecule has 1 amide bonds. The van der Waals surface area contributed by atoms with E-state index < -0.39 is 0 Å². The van der Waals surface area contributed by atoms with E-state index in [9.17, 15) is 10.1 Å². The smallest absolute Gasteiger partial charge is 0.249 e. The monoisotopic (exact) mass is 324 g/mol. The van der Waals surface area contributed by atoms with Gasteiger partial charge in [-0.05, 0) is 48.6 Å². The number of aryl methyl sites for hydroxylation is 1. The molecule has 116 valence electrons. The van der Waals surface area contributed by atoms with Crippen LogP contribution in [-0.2, 0) is 17.6 Å². The average Bonchev–Trinajstić information content (AvgIpc) is 3.14. The summed E-state index contributed by atoms with van der Waals surface area (Å²) < 4.78 is 5.10. The van der Waals surface area contributed by atoms with Crippen molar-refractivity contribution in [2.24, 2.45) is 0 Å². The molecule has 1 heterocycles. The molecule has 0 atom stereocenters. The van der Waals surface area contributed by atoms with Gasteiger partial charge < -0.3 is 10.1 Å². The van der Waals surface area contributed by atoms with Crippen LogP contribution in [-0.4, -0.2) is 13.0 Å². The van der Waals surface area contributed by atoms with Gasteiger partial charge in [0.25, 0.3) is 0 Å². The van der Waals surface area contributed by atoms with Crippen molar-refractivity contribution in [2.75, 3.05) is 12.4 Å². The van der Waals surface area contributed by atoms with Gasteiger partial charge in [-0.2, -0.15) is 5.26 Å². The van der Waals surface area contributed by atoms with Crippen LogP contribution < -0.4 is 10.1 Å². The Morgan fingerprint density at radius 1 is 1.35 bits per heavy atom. The van der Waals surface area contributed by atoms with Gasteiger partial charge in [0.05, 0.1) is 12.7 Å². The first kappa shape index (κ1) is 15.3. The van der Waals surface area contributed by atoms with Crippen LogP contribution in [0.5, 0.6) is 5.75 Å². The van der Waals surface area contributed by atoms with Gasteiger partial charge in [-0.1, -0.05) is 12.1 Å². The minimum atomic E-state index is -0.225. The quantitative estimate of drug-likeness (QED) is 0.871. The van der Waals surface area contributed by atoms with Gasteiger partial charge in [-0.15, -0.1) is 11.3 Å². The molecule has 1 aromatic carbocycles. The molecule has 1 aliphatic rings. The number of methoxy groups -OCH3 is 1. The Balaban J connectivity index is 1.70. The van der Waals surface area contributed by atoms with Crippen molar-refractivity contribution in [3.05, 3.63) is 51.9 Å². The number of nitrogens with one attached hydrogen (secondary N) is 1. The highest BCUT2D eigenvalue weighted by Gasteiger charge is 2.22. The molecular weight excluding hydrogens is 308 g/mol. The molecule has 0 saturated heterocycles. The fourth-order valence-electron chi connectivity index (χ4n) is 2.65. The molecule has 3 rings (SSSR count). The highest BCUT2D eigenvalue weighted by molar-refractivity contribution is 7.16. The molecule has 23 heavy (non-hydrogen) atoms. The number of carbonyl (C=O) groups is 1. The molecular formula is C18H16N2O2S. The van der Waals surface area contributed by atoms with Crippen LogP contribution in [0.2, 0.25) is 0 Å². The second-order valence-corrected chi connectivity index (χ2v) is 6.37. The number of nitrogens with zero attached hydrogens (tertiary/aromatic N) is 1. The lowest BCUT2D eigenvalue weighted by atomic mass is 10.1. The van der Waals surface area contributed by atoms with Crippen molar-refractivity contribution in [3.8, 4) is 11.8 Å². The maximum atomic E-state index is 12.1. The fraction of sp³-hybridized carbons (Fsp3) is 0.222.